The predicted molar refractivity (Wildman–Crippen MR) is 54.7 cm³/mol. The van der Waals surface area contributed by atoms with Gasteiger partial charge in [-0.05, 0) is 6.42 Å². The molecule has 2 heterocycles. The Labute approximate surface area is 90.8 Å². The Morgan fingerprint density at radius 3 is 2.94 bits per heavy atom. The zero-order valence-corrected chi connectivity index (χ0v) is 8.85. The van der Waals surface area contributed by atoms with Crippen molar-refractivity contribution in [1.29, 1.82) is 0 Å². The molecule has 6 heteroatoms. The molecule has 0 saturated heterocycles. The average molecular weight is 222 g/mol. The van der Waals surface area contributed by atoms with E-state index in [2.05, 4.69) is 10.1 Å². The quantitative estimate of drug-likeness (QED) is 0.846. The number of rotatable bonds is 3. The van der Waals surface area contributed by atoms with Gasteiger partial charge in [0.25, 0.3) is 5.71 Å². The number of ether oxygens (including phenoxy) is 1. The Morgan fingerprint density at radius 1 is 1.62 bits per heavy atom. The summed E-state index contributed by atoms with van der Waals surface area (Å²) >= 11 is 0. The lowest BCUT2D eigenvalue weighted by molar-refractivity contribution is 0.0698. The predicted octanol–water partition coefficient (Wildman–Crippen LogP) is 1.49. The van der Waals surface area contributed by atoms with Crippen molar-refractivity contribution in [3.05, 3.63) is 17.3 Å². The Morgan fingerprint density at radius 2 is 2.38 bits per heavy atom. The van der Waals surface area contributed by atoms with E-state index in [0.29, 0.717) is 17.5 Å². The number of carbonyl (C=O) groups is 1. The minimum Gasteiger partial charge on any atom is -0.481 e. The molecular formula is C10H10N2O4. The molecule has 6 nitrogen and oxygen atoms in total. The SMILES string of the molecule is CCc1noc2nc(OC)cc(C(=O)O)c12. The number of aromatic nitrogens is 2. The molecule has 0 aliphatic rings. The summed E-state index contributed by atoms with van der Waals surface area (Å²) in [7, 11) is 1.41. The van der Waals surface area contributed by atoms with Crippen LogP contribution in [0, 0.1) is 0 Å². The number of aryl methyl sites for hydroxylation is 1. The zero-order valence-electron chi connectivity index (χ0n) is 8.85. The molecule has 0 fully saturated rings. The molecule has 0 saturated carbocycles. The van der Waals surface area contributed by atoms with E-state index in [4.69, 9.17) is 14.4 Å². The van der Waals surface area contributed by atoms with Gasteiger partial charge in [-0.3, -0.25) is 0 Å². The minimum atomic E-state index is -1.05. The molecule has 2 aromatic heterocycles. The maximum atomic E-state index is 11.1. The number of methoxy groups -OCH3 is 1. The number of aromatic carboxylic acids is 1. The third kappa shape index (κ3) is 1.48. The van der Waals surface area contributed by atoms with Crippen molar-refractivity contribution in [3.63, 3.8) is 0 Å². The van der Waals surface area contributed by atoms with Crippen LogP contribution >= 0.6 is 0 Å². The van der Waals surface area contributed by atoms with Crippen molar-refractivity contribution in [1.82, 2.24) is 10.1 Å². The number of nitrogens with zero attached hydrogens (tertiary/aromatic N) is 2. The molecule has 0 spiro atoms. The van der Waals surface area contributed by atoms with Crippen LogP contribution in [0.15, 0.2) is 10.6 Å². The van der Waals surface area contributed by atoms with Gasteiger partial charge in [-0.15, -0.1) is 0 Å². The smallest absolute Gasteiger partial charge is 0.336 e. The van der Waals surface area contributed by atoms with Crippen LogP contribution in [-0.2, 0) is 6.42 Å². The number of hydrogen-bond donors (Lipinski definition) is 1. The lowest BCUT2D eigenvalue weighted by Gasteiger charge is -2.01. The summed E-state index contributed by atoms with van der Waals surface area (Å²) in [6.45, 7) is 1.87. The van der Waals surface area contributed by atoms with Crippen molar-refractivity contribution in [2.24, 2.45) is 0 Å². The monoisotopic (exact) mass is 222 g/mol. The summed E-state index contributed by atoms with van der Waals surface area (Å²) in [5.41, 5.74) is 0.871. The lowest BCUT2D eigenvalue weighted by atomic mass is 10.1. The summed E-state index contributed by atoms with van der Waals surface area (Å²) in [6, 6.07) is 1.36. The maximum Gasteiger partial charge on any atom is 0.336 e. The highest BCUT2D eigenvalue weighted by Crippen LogP contribution is 2.25. The van der Waals surface area contributed by atoms with Crippen LogP contribution in [0.25, 0.3) is 11.1 Å². The first-order valence-electron chi connectivity index (χ1n) is 4.74. The van der Waals surface area contributed by atoms with Crippen LogP contribution in [-0.4, -0.2) is 28.3 Å². The van der Waals surface area contributed by atoms with Gasteiger partial charge in [0.15, 0.2) is 0 Å². The number of pyridine rings is 1. The fraction of sp³-hybridized carbons (Fsp3) is 0.300. The fourth-order valence-corrected chi connectivity index (χ4v) is 1.50. The first-order chi connectivity index (χ1) is 7.67. The van der Waals surface area contributed by atoms with E-state index in [1.807, 2.05) is 6.92 Å². The molecule has 0 amide bonds. The molecule has 0 unspecified atom stereocenters. The standard InChI is InChI=1S/C10H10N2O4/c1-3-6-8-5(10(13)14)4-7(15-2)11-9(8)16-12-6/h4H,3H2,1-2H3,(H,13,14). The lowest BCUT2D eigenvalue weighted by Crippen LogP contribution is -2.00. The van der Waals surface area contributed by atoms with Crippen LogP contribution in [0.4, 0.5) is 0 Å². The van der Waals surface area contributed by atoms with Crippen LogP contribution in [0.3, 0.4) is 0 Å². The van der Waals surface area contributed by atoms with E-state index >= 15 is 0 Å². The molecule has 2 aromatic rings. The molecule has 0 bridgehead atoms. The third-order valence-corrected chi connectivity index (χ3v) is 2.27. The van der Waals surface area contributed by atoms with Gasteiger partial charge in [0.05, 0.1) is 23.8 Å². The largest absolute Gasteiger partial charge is 0.481 e. The fourth-order valence-electron chi connectivity index (χ4n) is 1.50. The minimum absolute atomic E-state index is 0.0972. The Kier molecular flexibility index (Phi) is 2.47. The summed E-state index contributed by atoms with van der Waals surface area (Å²) in [4.78, 5) is 15.1. The summed E-state index contributed by atoms with van der Waals surface area (Å²) < 4.78 is 9.86. The number of hydrogen-bond acceptors (Lipinski definition) is 5. The van der Waals surface area contributed by atoms with Gasteiger partial charge in [-0.2, -0.15) is 4.98 Å². The molecule has 0 aromatic carbocycles. The third-order valence-electron chi connectivity index (χ3n) is 2.27. The Hall–Kier alpha value is -2.11. The van der Waals surface area contributed by atoms with E-state index in [1.165, 1.54) is 13.2 Å². The van der Waals surface area contributed by atoms with Gasteiger partial charge < -0.3 is 14.4 Å². The van der Waals surface area contributed by atoms with Gasteiger partial charge >= 0.3 is 5.97 Å². The number of carboxylic acids is 1. The second kappa shape index (κ2) is 3.80. The van der Waals surface area contributed by atoms with Crippen molar-refractivity contribution in [2.45, 2.75) is 13.3 Å². The molecule has 0 aliphatic carbocycles. The van der Waals surface area contributed by atoms with Crippen molar-refractivity contribution >= 4 is 17.1 Å². The zero-order chi connectivity index (χ0) is 11.7. The number of carboxylic acid groups (broad SMARTS) is 1. The summed E-state index contributed by atoms with van der Waals surface area (Å²) in [5.74, 6) is -0.854. The Balaban J connectivity index is 2.80. The molecule has 2 rings (SSSR count). The van der Waals surface area contributed by atoms with Gasteiger partial charge in [0.2, 0.25) is 5.88 Å². The van der Waals surface area contributed by atoms with Crippen molar-refractivity contribution < 1.29 is 19.2 Å². The molecule has 0 aliphatic heterocycles. The molecule has 0 atom stereocenters. The van der Waals surface area contributed by atoms with Gasteiger partial charge in [0.1, 0.15) is 0 Å². The summed E-state index contributed by atoms with van der Waals surface area (Å²) in [5, 5.41) is 13.3. The van der Waals surface area contributed by atoms with Crippen LogP contribution < -0.4 is 4.74 Å². The second-order valence-corrected chi connectivity index (χ2v) is 3.18. The maximum absolute atomic E-state index is 11.1. The highest BCUT2D eigenvalue weighted by atomic mass is 16.5. The van der Waals surface area contributed by atoms with E-state index in [1.54, 1.807) is 0 Å². The molecule has 0 radical (unpaired) electrons. The Bertz CT molecular complexity index is 547. The molecule has 16 heavy (non-hydrogen) atoms. The average Bonchev–Trinajstić information content (AvgIpc) is 2.70. The van der Waals surface area contributed by atoms with E-state index < -0.39 is 5.97 Å². The van der Waals surface area contributed by atoms with Crippen LogP contribution in [0.1, 0.15) is 23.0 Å². The van der Waals surface area contributed by atoms with E-state index in [0.717, 1.165) is 0 Å². The van der Waals surface area contributed by atoms with Gasteiger partial charge in [-0.25, -0.2) is 4.79 Å². The van der Waals surface area contributed by atoms with Crippen molar-refractivity contribution in [3.8, 4) is 5.88 Å². The van der Waals surface area contributed by atoms with E-state index in [-0.39, 0.29) is 17.2 Å². The van der Waals surface area contributed by atoms with Gasteiger partial charge in [-0.1, -0.05) is 12.1 Å². The highest BCUT2D eigenvalue weighted by molar-refractivity contribution is 6.02. The summed E-state index contributed by atoms with van der Waals surface area (Å²) in [6.07, 6.45) is 0.585. The van der Waals surface area contributed by atoms with Crippen molar-refractivity contribution in [2.75, 3.05) is 7.11 Å². The van der Waals surface area contributed by atoms with Crippen LogP contribution in [0.5, 0.6) is 5.88 Å². The number of fused-ring (bicyclic) bond motifs is 1. The van der Waals surface area contributed by atoms with E-state index in [9.17, 15) is 4.79 Å². The molecular weight excluding hydrogens is 212 g/mol. The first-order valence-corrected chi connectivity index (χ1v) is 4.74. The first kappa shape index (κ1) is 10.4. The highest BCUT2D eigenvalue weighted by Gasteiger charge is 2.19. The van der Waals surface area contributed by atoms with Crippen LogP contribution in [0.2, 0.25) is 0 Å². The molecule has 1 N–H and O–H groups in total. The van der Waals surface area contributed by atoms with Gasteiger partial charge in [0, 0.05) is 6.07 Å². The second-order valence-electron chi connectivity index (χ2n) is 3.18. The molecule has 84 valence electrons. The normalized spacial score (nSPS) is 10.6. The topological polar surface area (TPSA) is 85.5 Å².